The van der Waals surface area contributed by atoms with Crippen LogP contribution in [0.15, 0.2) is 103 Å². The molecule has 1 aliphatic heterocycles. The summed E-state index contributed by atoms with van der Waals surface area (Å²) >= 11 is 0. The molecule has 17 heteroatoms. The maximum Gasteiger partial charge on any atom is 0.350 e. The number of halogens is 4. The lowest BCUT2D eigenvalue weighted by Gasteiger charge is -2.37. The summed E-state index contributed by atoms with van der Waals surface area (Å²) in [5.41, 5.74) is -1.25. The van der Waals surface area contributed by atoms with Crippen molar-refractivity contribution in [2.45, 2.75) is 50.5 Å². The Kier molecular flexibility index (Phi) is 10.2. The number of piperazine rings is 1. The number of pyridine rings is 1. The minimum Gasteiger partial charge on any atom is -0.391 e. The third-order valence-electron chi connectivity index (χ3n) is 10.1. The second kappa shape index (κ2) is 15.1. The molecule has 0 saturated carbocycles. The molecule has 6 aromatic rings. The van der Waals surface area contributed by atoms with Gasteiger partial charge < -0.3 is 20.0 Å². The van der Waals surface area contributed by atoms with Gasteiger partial charge in [-0.05, 0) is 83.9 Å². The summed E-state index contributed by atoms with van der Waals surface area (Å²) in [4.78, 5) is 21.5. The first-order valence-corrected chi connectivity index (χ1v) is 17.7. The van der Waals surface area contributed by atoms with Crippen LogP contribution in [0.3, 0.4) is 0 Å². The number of benzene rings is 3. The Morgan fingerprint density at radius 1 is 0.836 bits per heavy atom. The predicted octanol–water partition coefficient (Wildman–Crippen LogP) is 4.70. The van der Waals surface area contributed by atoms with Crippen molar-refractivity contribution in [3.8, 4) is 16.8 Å². The van der Waals surface area contributed by atoms with E-state index in [1.165, 1.54) is 27.8 Å². The van der Waals surface area contributed by atoms with E-state index < -0.39 is 53.1 Å². The summed E-state index contributed by atoms with van der Waals surface area (Å²) < 4.78 is 64.5. The van der Waals surface area contributed by atoms with E-state index in [2.05, 4.69) is 35.4 Å². The molecule has 4 heterocycles. The van der Waals surface area contributed by atoms with Gasteiger partial charge in [-0.1, -0.05) is 25.1 Å². The zero-order valence-electron chi connectivity index (χ0n) is 29.9. The minimum atomic E-state index is -4.16. The van der Waals surface area contributed by atoms with Gasteiger partial charge in [-0.3, -0.25) is 4.98 Å². The summed E-state index contributed by atoms with van der Waals surface area (Å²) in [5.74, 6) is -6.51. The number of hydrogen-bond donors (Lipinski definition) is 2. The Morgan fingerprint density at radius 3 is 2.00 bits per heavy atom. The van der Waals surface area contributed by atoms with Crippen LogP contribution in [0.5, 0.6) is 0 Å². The molecule has 3 aromatic carbocycles. The number of alkyl halides is 2. The van der Waals surface area contributed by atoms with E-state index in [0.29, 0.717) is 23.7 Å². The van der Waals surface area contributed by atoms with Crippen molar-refractivity contribution in [1.82, 2.24) is 39.5 Å². The lowest BCUT2D eigenvalue weighted by atomic mass is 9.84. The SMILES string of the molecule is CC[C@@H]([C@H](C)O)n1ncn(-c2ccc(N3CCN(c4ccc(-c5ccc(C(F)(F)[C@](O)(Cn6cnnn6)c6ccc(F)cc6F)nc5)cc4)CC3)cc2)c1=O. The Bertz CT molecular complexity index is 2270. The maximum atomic E-state index is 16.2. The van der Waals surface area contributed by atoms with Gasteiger partial charge in [0.05, 0.1) is 24.4 Å². The number of nitrogens with zero attached hydrogens (tertiary/aromatic N) is 10. The molecule has 2 N–H and O–H groups in total. The van der Waals surface area contributed by atoms with Crippen LogP contribution in [0.25, 0.3) is 16.8 Å². The molecule has 0 spiro atoms. The Labute approximate surface area is 312 Å². The predicted molar refractivity (Wildman–Crippen MR) is 195 cm³/mol. The number of aliphatic hydroxyl groups is 2. The van der Waals surface area contributed by atoms with Gasteiger partial charge in [-0.25, -0.2) is 27.5 Å². The molecule has 1 saturated heterocycles. The first-order chi connectivity index (χ1) is 26.4. The van der Waals surface area contributed by atoms with Crippen LogP contribution in [0, 0.1) is 11.6 Å². The van der Waals surface area contributed by atoms with Crippen LogP contribution in [0.4, 0.5) is 28.9 Å². The van der Waals surface area contributed by atoms with Gasteiger partial charge in [0.15, 0.2) is 5.60 Å². The van der Waals surface area contributed by atoms with Crippen molar-refractivity contribution in [3.63, 3.8) is 0 Å². The molecule has 13 nitrogen and oxygen atoms in total. The summed E-state index contributed by atoms with van der Waals surface area (Å²) in [5, 5.41) is 36.0. The van der Waals surface area contributed by atoms with Crippen LogP contribution in [-0.2, 0) is 18.1 Å². The molecule has 1 aliphatic rings. The largest absolute Gasteiger partial charge is 0.391 e. The van der Waals surface area contributed by atoms with E-state index in [9.17, 15) is 23.8 Å². The quantitative estimate of drug-likeness (QED) is 0.169. The normalized spacial score (nSPS) is 15.9. The summed E-state index contributed by atoms with van der Waals surface area (Å²) in [6.07, 6.45) is 3.58. The molecule has 3 aromatic heterocycles. The molecule has 3 atom stereocenters. The molecule has 0 unspecified atom stereocenters. The lowest BCUT2D eigenvalue weighted by Crippen LogP contribution is -2.48. The number of hydrogen-bond acceptors (Lipinski definition) is 10. The molecular formula is C38H38F4N10O3. The highest BCUT2D eigenvalue weighted by molar-refractivity contribution is 5.66. The van der Waals surface area contributed by atoms with Gasteiger partial charge in [-0.2, -0.15) is 13.9 Å². The van der Waals surface area contributed by atoms with E-state index in [1.807, 2.05) is 55.5 Å². The highest BCUT2D eigenvalue weighted by atomic mass is 19.3. The fraction of sp³-hybridized carbons (Fsp3) is 0.316. The third-order valence-corrected chi connectivity index (χ3v) is 10.1. The van der Waals surface area contributed by atoms with E-state index in [0.717, 1.165) is 72.3 Å². The second-order valence-corrected chi connectivity index (χ2v) is 13.5. The van der Waals surface area contributed by atoms with Crippen molar-refractivity contribution in [1.29, 1.82) is 0 Å². The van der Waals surface area contributed by atoms with E-state index >= 15 is 8.78 Å². The number of anilines is 2. The van der Waals surface area contributed by atoms with Crippen molar-refractivity contribution in [2.24, 2.45) is 0 Å². The van der Waals surface area contributed by atoms with E-state index in [-0.39, 0.29) is 5.69 Å². The second-order valence-electron chi connectivity index (χ2n) is 13.5. The van der Waals surface area contributed by atoms with Crippen LogP contribution < -0.4 is 15.5 Å². The highest BCUT2D eigenvalue weighted by Crippen LogP contribution is 2.47. The molecular weight excluding hydrogens is 720 g/mol. The lowest BCUT2D eigenvalue weighted by molar-refractivity contribution is -0.207. The maximum absolute atomic E-state index is 16.2. The average molecular weight is 759 g/mol. The van der Waals surface area contributed by atoms with Gasteiger partial charge in [0.1, 0.15) is 30.0 Å². The fourth-order valence-corrected chi connectivity index (χ4v) is 6.98. The fourth-order valence-electron chi connectivity index (χ4n) is 6.98. The molecule has 0 amide bonds. The first-order valence-electron chi connectivity index (χ1n) is 17.7. The zero-order chi connectivity index (χ0) is 38.9. The van der Waals surface area contributed by atoms with Crippen LogP contribution in [0.1, 0.15) is 37.6 Å². The first kappa shape index (κ1) is 37.4. The topological polar surface area (TPSA) is 143 Å². The zero-order valence-corrected chi connectivity index (χ0v) is 29.9. The summed E-state index contributed by atoms with van der Waals surface area (Å²) in [6.45, 7) is 5.61. The van der Waals surface area contributed by atoms with Gasteiger partial charge in [-0.15, -0.1) is 5.10 Å². The molecule has 7 rings (SSSR count). The van der Waals surface area contributed by atoms with Crippen LogP contribution in [-0.4, -0.2) is 82.0 Å². The number of rotatable bonds is 12. The monoisotopic (exact) mass is 758 g/mol. The summed E-state index contributed by atoms with van der Waals surface area (Å²) in [6, 6.07) is 19.4. The summed E-state index contributed by atoms with van der Waals surface area (Å²) in [7, 11) is 0. The van der Waals surface area contributed by atoms with Crippen LogP contribution in [0.2, 0.25) is 0 Å². The average Bonchev–Trinajstić information content (AvgIpc) is 3.84. The molecule has 0 aliphatic carbocycles. The molecule has 0 bridgehead atoms. The van der Waals surface area contributed by atoms with Crippen LogP contribution >= 0.6 is 0 Å². The minimum absolute atomic E-state index is 0.308. The van der Waals surface area contributed by atoms with Gasteiger partial charge in [0, 0.05) is 60.9 Å². The van der Waals surface area contributed by atoms with Crippen molar-refractivity contribution in [3.05, 3.63) is 131 Å². The number of aliphatic hydroxyl groups excluding tert-OH is 1. The number of tetrazole rings is 1. The molecule has 1 fully saturated rings. The Balaban J connectivity index is 1.00. The molecule has 286 valence electrons. The smallest absolute Gasteiger partial charge is 0.350 e. The van der Waals surface area contributed by atoms with E-state index in [1.54, 1.807) is 6.92 Å². The van der Waals surface area contributed by atoms with Gasteiger partial charge >= 0.3 is 11.6 Å². The van der Waals surface area contributed by atoms with E-state index in [4.69, 9.17) is 0 Å². The van der Waals surface area contributed by atoms with Crippen molar-refractivity contribution >= 4 is 11.4 Å². The standard InChI is InChI=1S/C38H38F4N10O3/c1-3-34(25(2)53)52-36(54)51(24-45-52)31-12-10-30(11-13-31)49-18-16-48(17-19-49)29-8-4-26(5-9-29)27-6-15-35(43-21-27)38(41,42)37(55,22-50-23-44-46-47-50)32-14-7-28(39)20-33(32)40/h4-15,20-21,23-25,34,53,55H,3,16-19,22H2,1-2H3/t25-,34-,37-/m0/s1. The third kappa shape index (κ3) is 7.19. The van der Waals surface area contributed by atoms with Gasteiger partial charge in [0.25, 0.3) is 0 Å². The Hall–Kier alpha value is -5.94. The molecule has 0 radical (unpaired) electrons. The van der Waals surface area contributed by atoms with Crippen molar-refractivity contribution in [2.75, 3.05) is 36.0 Å². The van der Waals surface area contributed by atoms with Gasteiger partial charge in [0.2, 0.25) is 0 Å². The Morgan fingerprint density at radius 2 is 1.45 bits per heavy atom. The number of aromatic nitrogens is 8. The van der Waals surface area contributed by atoms with Crippen molar-refractivity contribution < 1.29 is 27.8 Å². The highest BCUT2D eigenvalue weighted by Gasteiger charge is 2.58. The molecule has 55 heavy (non-hydrogen) atoms.